The van der Waals surface area contributed by atoms with Gasteiger partial charge in [0, 0.05) is 27.7 Å². The second-order valence-corrected chi connectivity index (χ2v) is 12.8. The van der Waals surface area contributed by atoms with Gasteiger partial charge in [0.15, 0.2) is 23.0 Å². The van der Waals surface area contributed by atoms with Crippen LogP contribution in [0.1, 0.15) is 25.0 Å². The van der Waals surface area contributed by atoms with Gasteiger partial charge in [-0.2, -0.15) is 0 Å². The van der Waals surface area contributed by atoms with Crippen LogP contribution in [0.15, 0.2) is 152 Å². The summed E-state index contributed by atoms with van der Waals surface area (Å²) >= 11 is 0. The number of fused-ring (bicyclic) bond motifs is 6. The highest BCUT2D eigenvalue weighted by Gasteiger charge is 2.39. The van der Waals surface area contributed by atoms with Gasteiger partial charge in [0.1, 0.15) is 0 Å². The second-order valence-electron chi connectivity index (χ2n) is 12.8. The molecule has 224 valence electrons. The van der Waals surface area contributed by atoms with E-state index < -0.39 is 0 Å². The van der Waals surface area contributed by atoms with E-state index in [4.69, 9.17) is 14.5 Å². The summed E-state index contributed by atoms with van der Waals surface area (Å²) in [4.78, 5) is 5.17. The minimum Gasteiger partial charge on any atom is -0.449 e. The third-order valence-electron chi connectivity index (χ3n) is 9.54. The van der Waals surface area contributed by atoms with E-state index in [1.807, 2.05) is 30.3 Å². The zero-order valence-electron chi connectivity index (χ0n) is 26.2. The van der Waals surface area contributed by atoms with Gasteiger partial charge in [-0.3, -0.25) is 0 Å². The molecule has 9 rings (SSSR count). The molecule has 0 bridgehead atoms. The Morgan fingerprint density at radius 1 is 0.426 bits per heavy atom. The number of nitrogens with zero attached hydrogens (tertiary/aromatic N) is 1. The number of hydrogen-bond acceptors (Lipinski definition) is 3. The van der Waals surface area contributed by atoms with Gasteiger partial charge in [-0.25, -0.2) is 4.98 Å². The lowest BCUT2D eigenvalue weighted by atomic mass is 9.82. The lowest BCUT2D eigenvalue weighted by Crippen LogP contribution is -2.15. The molecule has 1 aliphatic carbocycles. The van der Waals surface area contributed by atoms with E-state index in [-0.39, 0.29) is 5.41 Å². The number of rotatable bonds is 4. The van der Waals surface area contributed by atoms with Crippen molar-refractivity contribution in [3.8, 4) is 78.9 Å². The molecule has 3 heteroatoms. The Morgan fingerprint density at radius 3 is 1.85 bits per heavy atom. The Kier molecular flexibility index (Phi) is 6.16. The normalized spacial score (nSPS) is 13.4. The van der Waals surface area contributed by atoms with Crippen molar-refractivity contribution in [3.63, 3.8) is 0 Å². The smallest absolute Gasteiger partial charge is 0.178 e. The van der Waals surface area contributed by atoms with E-state index in [9.17, 15) is 0 Å². The number of hydrogen-bond donors (Lipinski definition) is 0. The van der Waals surface area contributed by atoms with Crippen LogP contribution in [0.4, 0.5) is 0 Å². The molecule has 0 saturated heterocycles. The van der Waals surface area contributed by atoms with Gasteiger partial charge in [0.2, 0.25) is 0 Å². The van der Waals surface area contributed by atoms with Crippen LogP contribution in [0.2, 0.25) is 0 Å². The molecule has 2 aliphatic rings. The van der Waals surface area contributed by atoms with Crippen molar-refractivity contribution < 1.29 is 9.47 Å². The summed E-state index contributed by atoms with van der Waals surface area (Å²) in [7, 11) is 0. The fourth-order valence-corrected chi connectivity index (χ4v) is 7.15. The summed E-state index contributed by atoms with van der Waals surface area (Å²) < 4.78 is 13.5. The molecular weight excluding hydrogens is 574 g/mol. The number of aromatic nitrogens is 1. The molecule has 1 aromatic heterocycles. The fourth-order valence-electron chi connectivity index (χ4n) is 7.15. The van der Waals surface area contributed by atoms with E-state index in [0.717, 1.165) is 67.6 Å². The van der Waals surface area contributed by atoms with Gasteiger partial charge < -0.3 is 9.47 Å². The first kappa shape index (κ1) is 27.4. The first-order chi connectivity index (χ1) is 23.0. The maximum atomic E-state index is 6.91. The summed E-state index contributed by atoms with van der Waals surface area (Å²) in [5, 5.41) is 0. The summed E-state index contributed by atoms with van der Waals surface area (Å²) in [6, 6.07) is 52.8. The number of ether oxygens (including phenoxy) is 2. The molecule has 7 aromatic rings. The van der Waals surface area contributed by atoms with E-state index >= 15 is 0 Å². The van der Waals surface area contributed by atoms with Gasteiger partial charge in [-0.05, 0) is 63.7 Å². The highest BCUT2D eigenvalue weighted by molar-refractivity contribution is 5.89. The third kappa shape index (κ3) is 4.46. The number of benzene rings is 6. The summed E-state index contributed by atoms with van der Waals surface area (Å²) in [5.74, 6) is 2.96. The highest BCUT2D eigenvalue weighted by atomic mass is 16.6. The quantitative estimate of drug-likeness (QED) is 0.200. The molecule has 0 saturated carbocycles. The van der Waals surface area contributed by atoms with Crippen molar-refractivity contribution in [2.24, 2.45) is 0 Å². The SMILES string of the molecule is CC1(C)c2ccccc2-c2c1ccc1c2Oc2c(cccc2-c2cccc(-c3cc(-c4ccccc4)cc(-c4ccccc4)n3)c2)O1. The van der Waals surface area contributed by atoms with Crippen molar-refractivity contribution in [1.82, 2.24) is 4.98 Å². The average Bonchev–Trinajstić information content (AvgIpc) is 3.37. The van der Waals surface area contributed by atoms with Crippen molar-refractivity contribution in [2.75, 3.05) is 0 Å². The average molecular weight is 606 g/mol. The van der Waals surface area contributed by atoms with Gasteiger partial charge >= 0.3 is 0 Å². The molecule has 0 radical (unpaired) electrons. The molecular formula is C44H31NO2. The van der Waals surface area contributed by atoms with Crippen LogP contribution >= 0.6 is 0 Å². The Balaban J connectivity index is 1.16. The molecule has 47 heavy (non-hydrogen) atoms. The van der Waals surface area contributed by atoms with Crippen molar-refractivity contribution in [1.29, 1.82) is 0 Å². The van der Waals surface area contributed by atoms with E-state index in [0.29, 0.717) is 5.75 Å². The molecule has 0 unspecified atom stereocenters. The van der Waals surface area contributed by atoms with Crippen LogP contribution in [0.3, 0.4) is 0 Å². The molecule has 0 N–H and O–H groups in total. The van der Waals surface area contributed by atoms with Crippen LogP contribution < -0.4 is 9.47 Å². The molecule has 2 heterocycles. The van der Waals surface area contributed by atoms with Crippen molar-refractivity contribution in [3.05, 3.63) is 163 Å². The summed E-state index contributed by atoms with van der Waals surface area (Å²) in [5.41, 5.74) is 13.0. The lowest BCUT2D eigenvalue weighted by Gasteiger charge is -2.26. The van der Waals surface area contributed by atoms with Gasteiger partial charge in [0.25, 0.3) is 0 Å². The first-order valence-electron chi connectivity index (χ1n) is 16.0. The number of pyridine rings is 1. The van der Waals surface area contributed by atoms with Crippen LogP contribution in [0.25, 0.3) is 55.9 Å². The van der Waals surface area contributed by atoms with Crippen LogP contribution in [-0.4, -0.2) is 4.98 Å². The van der Waals surface area contributed by atoms with Crippen LogP contribution in [0.5, 0.6) is 23.0 Å². The summed E-state index contributed by atoms with van der Waals surface area (Å²) in [6.07, 6.45) is 0. The molecule has 3 nitrogen and oxygen atoms in total. The molecule has 0 fully saturated rings. The zero-order chi connectivity index (χ0) is 31.5. The molecule has 0 amide bonds. The Hall–Kier alpha value is -5.93. The van der Waals surface area contributed by atoms with E-state index in [1.165, 1.54) is 16.7 Å². The topological polar surface area (TPSA) is 31.4 Å². The molecule has 6 aromatic carbocycles. The standard InChI is InChI=1S/C44H31NO2/c1-44(2)35-21-10-9-19-34(35)41-36(44)23-24-40-43(41)47-42-33(20-12-22-39(42)46-40)30-17-11-18-31(25-30)38-27-32(28-13-5-3-6-14-28)26-37(45-38)29-15-7-4-8-16-29/h3-27H,1-2H3. The lowest BCUT2D eigenvalue weighted by molar-refractivity contribution is 0.361. The van der Waals surface area contributed by atoms with E-state index in [1.54, 1.807) is 0 Å². The third-order valence-corrected chi connectivity index (χ3v) is 9.54. The predicted molar refractivity (Wildman–Crippen MR) is 190 cm³/mol. The van der Waals surface area contributed by atoms with Crippen molar-refractivity contribution in [2.45, 2.75) is 19.3 Å². The maximum absolute atomic E-state index is 6.91. The first-order valence-corrected chi connectivity index (χ1v) is 16.0. The summed E-state index contributed by atoms with van der Waals surface area (Å²) in [6.45, 7) is 4.56. The second kappa shape index (κ2) is 10.6. The predicted octanol–water partition coefficient (Wildman–Crippen LogP) is 12.0. The van der Waals surface area contributed by atoms with Crippen LogP contribution in [-0.2, 0) is 5.41 Å². The van der Waals surface area contributed by atoms with Gasteiger partial charge in [-0.15, -0.1) is 0 Å². The zero-order valence-corrected chi connectivity index (χ0v) is 26.2. The van der Waals surface area contributed by atoms with Gasteiger partial charge in [0.05, 0.1) is 11.4 Å². The Bertz CT molecular complexity index is 2270. The van der Waals surface area contributed by atoms with Gasteiger partial charge in [-0.1, -0.05) is 135 Å². The minimum atomic E-state index is -0.127. The fraction of sp³-hybridized carbons (Fsp3) is 0.0682. The van der Waals surface area contributed by atoms with Crippen LogP contribution in [0, 0.1) is 0 Å². The largest absolute Gasteiger partial charge is 0.449 e. The molecule has 0 spiro atoms. The monoisotopic (exact) mass is 605 g/mol. The Labute approximate surface area is 274 Å². The minimum absolute atomic E-state index is 0.127. The highest BCUT2D eigenvalue weighted by Crippen LogP contribution is 2.59. The van der Waals surface area contributed by atoms with E-state index in [2.05, 4.69) is 135 Å². The molecule has 1 aliphatic heterocycles. The number of para-hydroxylation sites is 1. The molecule has 0 atom stereocenters. The Morgan fingerprint density at radius 2 is 1.04 bits per heavy atom. The maximum Gasteiger partial charge on any atom is 0.178 e. The van der Waals surface area contributed by atoms with Crippen molar-refractivity contribution >= 4 is 0 Å².